The van der Waals surface area contributed by atoms with Gasteiger partial charge in [-0.05, 0) is 110 Å². The number of aryl methyl sites for hydroxylation is 1. The molecular weight excluding hydrogens is 436 g/mol. The van der Waals surface area contributed by atoms with Gasteiger partial charge in [-0.15, -0.1) is 0 Å². The predicted molar refractivity (Wildman–Crippen MR) is 138 cm³/mol. The molecule has 3 aliphatic carbocycles. The van der Waals surface area contributed by atoms with E-state index in [0.29, 0.717) is 23.5 Å². The average molecular weight is 479 g/mol. The number of fused-ring (bicyclic) bond motifs is 5. The molecule has 2 saturated carbocycles. The summed E-state index contributed by atoms with van der Waals surface area (Å²) in [4.78, 5) is 4.37. The molecule has 1 aromatic heterocycles. The van der Waals surface area contributed by atoms with Crippen molar-refractivity contribution in [1.82, 2.24) is 10.3 Å². The van der Waals surface area contributed by atoms with Crippen molar-refractivity contribution in [3.8, 4) is 5.75 Å². The number of hydrogen-bond acceptors (Lipinski definition) is 5. The first kappa shape index (κ1) is 24.7. The molecule has 4 N–H and O–H groups in total. The van der Waals surface area contributed by atoms with Crippen LogP contribution >= 0.6 is 0 Å². The maximum atomic E-state index is 11.7. The number of nitrogens with one attached hydrogen (secondary N) is 1. The molecule has 5 rings (SSSR count). The number of aromatic hydroxyl groups is 1. The van der Waals surface area contributed by atoms with Gasteiger partial charge in [0.25, 0.3) is 0 Å². The molecule has 5 heteroatoms. The van der Waals surface area contributed by atoms with Gasteiger partial charge in [-0.2, -0.15) is 0 Å². The van der Waals surface area contributed by atoms with Crippen LogP contribution in [0.4, 0.5) is 0 Å². The largest absolute Gasteiger partial charge is 0.508 e. The van der Waals surface area contributed by atoms with E-state index in [0.717, 1.165) is 76.6 Å². The minimum Gasteiger partial charge on any atom is -0.508 e. The zero-order chi connectivity index (χ0) is 24.5. The number of aliphatic hydroxyl groups excluding tert-OH is 2. The third-order valence-corrected chi connectivity index (χ3v) is 9.86. The summed E-state index contributed by atoms with van der Waals surface area (Å²) in [5.74, 6) is 1.89. The molecular formula is C30H42N2O3. The maximum Gasteiger partial charge on any atom is 0.115 e. The number of hydrogen-bond donors (Lipinski definition) is 4. The van der Waals surface area contributed by atoms with E-state index < -0.39 is 6.10 Å². The van der Waals surface area contributed by atoms with Crippen LogP contribution in [0.15, 0.2) is 42.6 Å². The number of aromatic nitrogens is 1. The second-order valence-corrected chi connectivity index (χ2v) is 11.7. The summed E-state index contributed by atoms with van der Waals surface area (Å²) in [6.07, 6.45) is 10.5. The Balaban J connectivity index is 1.18. The van der Waals surface area contributed by atoms with Gasteiger partial charge in [-0.1, -0.05) is 25.5 Å². The lowest BCUT2D eigenvalue weighted by Gasteiger charge is -2.50. The molecule has 3 aliphatic rings. The van der Waals surface area contributed by atoms with Gasteiger partial charge in [-0.25, -0.2) is 0 Å². The summed E-state index contributed by atoms with van der Waals surface area (Å²) in [6, 6.07) is 12.0. The van der Waals surface area contributed by atoms with Crippen LogP contribution in [0.2, 0.25) is 0 Å². The lowest BCUT2D eigenvalue weighted by Crippen LogP contribution is -2.46. The van der Waals surface area contributed by atoms with Gasteiger partial charge in [0, 0.05) is 30.3 Å². The first-order chi connectivity index (χ1) is 17.0. The smallest absolute Gasteiger partial charge is 0.115 e. The number of unbranched alkanes of at least 4 members (excludes halogenated alkanes) is 1. The molecule has 35 heavy (non-hydrogen) atoms. The lowest BCUT2D eigenvalue weighted by molar-refractivity contribution is -0.0715. The lowest BCUT2D eigenvalue weighted by atomic mass is 9.55. The van der Waals surface area contributed by atoms with Gasteiger partial charge in [0.2, 0.25) is 0 Å². The monoisotopic (exact) mass is 478 g/mol. The summed E-state index contributed by atoms with van der Waals surface area (Å²) < 4.78 is 0. The zero-order valence-electron chi connectivity index (χ0n) is 21.1. The fourth-order valence-corrected chi connectivity index (χ4v) is 7.97. The fraction of sp³-hybridized carbons (Fsp3) is 0.633. The molecule has 190 valence electrons. The zero-order valence-corrected chi connectivity index (χ0v) is 21.1. The van der Waals surface area contributed by atoms with Crippen LogP contribution in [0.5, 0.6) is 5.75 Å². The van der Waals surface area contributed by atoms with Crippen molar-refractivity contribution < 1.29 is 15.3 Å². The van der Waals surface area contributed by atoms with Crippen molar-refractivity contribution >= 4 is 0 Å². The van der Waals surface area contributed by atoms with Gasteiger partial charge in [0.15, 0.2) is 0 Å². The van der Waals surface area contributed by atoms with Gasteiger partial charge in [-0.3, -0.25) is 4.98 Å². The Morgan fingerprint density at radius 3 is 2.80 bits per heavy atom. The molecule has 0 aliphatic heterocycles. The van der Waals surface area contributed by atoms with E-state index in [2.05, 4.69) is 29.4 Å². The number of phenolic OH excluding ortho intramolecular Hbond substituents is 1. The van der Waals surface area contributed by atoms with E-state index in [1.807, 2.05) is 30.5 Å². The summed E-state index contributed by atoms with van der Waals surface area (Å²) in [7, 11) is 0. The highest BCUT2D eigenvalue weighted by Gasteiger charge is 2.63. The normalized spacial score (nSPS) is 33.7. The third kappa shape index (κ3) is 4.63. The van der Waals surface area contributed by atoms with Crippen LogP contribution in [0.25, 0.3) is 0 Å². The highest BCUT2D eigenvalue weighted by molar-refractivity contribution is 5.40. The number of aliphatic hydroxyl groups is 2. The van der Waals surface area contributed by atoms with Gasteiger partial charge in [0.05, 0.1) is 12.7 Å². The van der Waals surface area contributed by atoms with E-state index in [9.17, 15) is 15.3 Å². The maximum absolute atomic E-state index is 11.7. The molecule has 2 aromatic rings. The molecule has 0 spiro atoms. The van der Waals surface area contributed by atoms with Crippen LogP contribution < -0.4 is 5.32 Å². The fourth-order valence-electron chi connectivity index (χ4n) is 7.97. The molecule has 0 amide bonds. The Bertz CT molecular complexity index is 998. The molecule has 0 saturated heterocycles. The van der Waals surface area contributed by atoms with E-state index in [4.69, 9.17) is 0 Å². The second kappa shape index (κ2) is 10.2. The quantitative estimate of drug-likeness (QED) is 0.396. The van der Waals surface area contributed by atoms with Crippen molar-refractivity contribution in [2.24, 2.45) is 22.7 Å². The number of rotatable bonds is 9. The summed E-state index contributed by atoms with van der Waals surface area (Å²) in [6.45, 7) is 4.25. The Kier molecular flexibility index (Phi) is 7.20. The molecule has 3 unspecified atom stereocenters. The van der Waals surface area contributed by atoms with Gasteiger partial charge < -0.3 is 20.6 Å². The summed E-state index contributed by atoms with van der Waals surface area (Å²) in [5.41, 5.74) is 3.34. The highest BCUT2D eigenvalue weighted by atomic mass is 16.3. The van der Waals surface area contributed by atoms with Crippen molar-refractivity contribution in [1.29, 1.82) is 0 Å². The minimum atomic E-state index is -0.440. The average Bonchev–Trinajstić information content (AvgIpc) is 3.11. The summed E-state index contributed by atoms with van der Waals surface area (Å²) >= 11 is 0. The third-order valence-electron chi connectivity index (χ3n) is 9.86. The number of phenols is 1. The van der Waals surface area contributed by atoms with Crippen molar-refractivity contribution in [2.75, 3.05) is 19.7 Å². The first-order valence-electron chi connectivity index (χ1n) is 13.7. The number of benzene rings is 1. The second-order valence-electron chi connectivity index (χ2n) is 11.7. The predicted octanol–water partition coefficient (Wildman–Crippen LogP) is 4.60. The number of pyridine rings is 1. The Morgan fingerprint density at radius 2 is 2.00 bits per heavy atom. The molecule has 1 aromatic carbocycles. The van der Waals surface area contributed by atoms with Crippen molar-refractivity contribution in [3.63, 3.8) is 0 Å². The molecule has 6 atom stereocenters. The molecule has 1 heterocycles. The summed E-state index contributed by atoms with van der Waals surface area (Å²) in [5, 5.41) is 35.7. The van der Waals surface area contributed by atoms with Crippen LogP contribution in [-0.4, -0.2) is 46.1 Å². The van der Waals surface area contributed by atoms with E-state index in [1.165, 1.54) is 11.1 Å². The molecule has 2 fully saturated rings. The standard InChI is InChI=1S/C30H42N2O3/c1-29-14-11-25-24-10-8-23(34)18-21(24)7-9-26(25)27(29)19-30(20-33,28(29)35)13-3-5-15-31-17-12-22-6-2-4-16-32-22/h2,4,6,8,10,16,18,25-28,31,33-35H,3,5,7,9,11-15,17,19-20H2,1H3/t25?,26?,27?,28-,29+,30-/m1/s1. The number of nitrogens with zero attached hydrogens (tertiary/aromatic N) is 1. The van der Waals surface area contributed by atoms with Crippen LogP contribution in [0.3, 0.4) is 0 Å². The molecule has 5 nitrogen and oxygen atoms in total. The van der Waals surface area contributed by atoms with E-state index in [-0.39, 0.29) is 17.4 Å². The highest BCUT2D eigenvalue weighted by Crippen LogP contribution is 2.66. The van der Waals surface area contributed by atoms with Crippen molar-refractivity contribution in [2.45, 2.75) is 76.7 Å². The Morgan fingerprint density at radius 1 is 1.11 bits per heavy atom. The van der Waals surface area contributed by atoms with Gasteiger partial charge in [0.1, 0.15) is 5.75 Å². The Labute approximate surface area is 210 Å². The van der Waals surface area contributed by atoms with Crippen LogP contribution in [0, 0.1) is 22.7 Å². The SMILES string of the molecule is C[C@]12CCC3c4ccc(O)cc4CCC3C1C[C@@](CO)(CCCCNCCc1ccccn1)[C@@H]2O. The van der Waals surface area contributed by atoms with Crippen LogP contribution in [0.1, 0.15) is 74.6 Å². The topological polar surface area (TPSA) is 85.6 Å². The van der Waals surface area contributed by atoms with Crippen LogP contribution in [-0.2, 0) is 12.8 Å². The van der Waals surface area contributed by atoms with Gasteiger partial charge >= 0.3 is 0 Å². The molecule has 0 radical (unpaired) electrons. The first-order valence-corrected chi connectivity index (χ1v) is 13.7. The Hall–Kier alpha value is -1.95. The molecule has 0 bridgehead atoms. The van der Waals surface area contributed by atoms with Crippen molar-refractivity contribution in [3.05, 3.63) is 59.4 Å². The minimum absolute atomic E-state index is 0.0786. The van der Waals surface area contributed by atoms with E-state index in [1.54, 1.807) is 0 Å². The van der Waals surface area contributed by atoms with E-state index >= 15 is 0 Å².